The molecular formula is C23H24FN3. The topological polar surface area (TPSA) is 29.0 Å². The summed E-state index contributed by atoms with van der Waals surface area (Å²) < 4.78 is 13.2. The lowest BCUT2D eigenvalue weighted by Crippen LogP contribution is -2.35. The van der Waals surface area contributed by atoms with Crippen LogP contribution >= 0.6 is 0 Å². The minimum absolute atomic E-state index is 0.221. The Morgan fingerprint density at radius 1 is 1.04 bits per heavy atom. The van der Waals surface area contributed by atoms with Crippen molar-refractivity contribution in [3.8, 4) is 0 Å². The zero-order valence-corrected chi connectivity index (χ0v) is 16.0. The van der Waals surface area contributed by atoms with Gasteiger partial charge in [-0.05, 0) is 56.0 Å². The van der Waals surface area contributed by atoms with Crippen molar-refractivity contribution >= 4 is 5.82 Å². The lowest BCUT2D eigenvalue weighted by Gasteiger charge is -2.37. The molecule has 0 saturated carbocycles. The largest absolute Gasteiger partial charge is 0.349 e. The summed E-state index contributed by atoms with van der Waals surface area (Å²) in [7, 11) is 0. The number of aromatic nitrogens is 2. The van der Waals surface area contributed by atoms with Crippen molar-refractivity contribution in [3.05, 3.63) is 88.1 Å². The molecular weight excluding hydrogens is 337 g/mol. The van der Waals surface area contributed by atoms with Crippen molar-refractivity contribution in [2.45, 2.75) is 39.7 Å². The maximum atomic E-state index is 13.2. The van der Waals surface area contributed by atoms with Crippen LogP contribution in [0.3, 0.4) is 0 Å². The van der Waals surface area contributed by atoms with Gasteiger partial charge in [-0.3, -0.25) is 0 Å². The molecule has 2 heterocycles. The molecule has 0 saturated heterocycles. The van der Waals surface area contributed by atoms with Gasteiger partial charge in [0, 0.05) is 24.2 Å². The van der Waals surface area contributed by atoms with Gasteiger partial charge < -0.3 is 4.90 Å². The second-order valence-electron chi connectivity index (χ2n) is 7.30. The minimum Gasteiger partial charge on any atom is -0.349 e. The minimum atomic E-state index is -0.221. The number of hydrogen-bond acceptors (Lipinski definition) is 3. The summed E-state index contributed by atoms with van der Waals surface area (Å²) >= 11 is 0. The fourth-order valence-corrected chi connectivity index (χ4v) is 3.88. The number of benzene rings is 2. The monoisotopic (exact) mass is 361 g/mol. The zero-order chi connectivity index (χ0) is 19.0. The highest BCUT2D eigenvalue weighted by Gasteiger charge is 2.26. The van der Waals surface area contributed by atoms with Crippen molar-refractivity contribution in [2.75, 3.05) is 11.4 Å². The molecule has 3 nitrogen and oxygen atoms in total. The maximum Gasteiger partial charge on any atom is 0.136 e. The van der Waals surface area contributed by atoms with E-state index < -0.39 is 0 Å². The predicted octanol–water partition coefficient (Wildman–Crippen LogP) is 4.95. The van der Waals surface area contributed by atoms with Crippen LogP contribution in [0.5, 0.6) is 0 Å². The Hall–Kier alpha value is -2.75. The number of anilines is 1. The van der Waals surface area contributed by atoms with Crippen LogP contribution < -0.4 is 4.90 Å². The smallest absolute Gasteiger partial charge is 0.136 e. The Kier molecular flexibility index (Phi) is 4.65. The Morgan fingerprint density at radius 2 is 1.78 bits per heavy atom. The highest BCUT2D eigenvalue weighted by atomic mass is 19.1. The average molecular weight is 361 g/mol. The van der Waals surface area contributed by atoms with E-state index in [1.807, 2.05) is 6.92 Å². The van der Waals surface area contributed by atoms with Gasteiger partial charge in [0.25, 0.3) is 0 Å². The number of aryl methyl sites for hydroxylation is 1. The molecule has 0 fully saturated rings. The molecule has 0 amide bonds. The fraction of sp³-hybridized carbons (Fsp3) is 0.304. The molecule has 0 N–H and O–H groups in total. The highest BCUT2D eigenvalue weighted by Crippen LogP contribution is 2.34. The lowest BCUT2D eigenvalue weighted by atomic mass is 9.93. The molecule has 1 atom stereocenters. The molecule has 2 aromatic carbocycles. The van der Waals surface area contributed by atoms with Gasteiger partial charge in [0.05, 0.1) is 6.04 Å². The van der Waals surface area contributed by atoms with E-state index in [2.05, 4.69) is 48.0 Å². The van der Waals surface area contributed by atoms with Gasteiger partial charge >= 0.3 is 0 Å². The molecule has 0 bridgehead atoms. The van der Waals surface area contributed by atoms with E-state index in [1.54, 1.807) is 12.1 Å². The quantitative estimate of drug-likeness (QED) is 0.661. The first-order valence-electron chi connectivity index (χ1n) is 9.46. The summed E-state index contributed by atoms with van der Waals surface area (Å²) in [5.74, 6) is 1.58. The van der Waals surface area contributed by atoms with Crippen LogP contribution in [0, 0.1) is 19.7 Å². The van der Waals surface area contributed by atoms with E-state index in [9.17, 15) is 4.39 Å². The molecule has 4 heteroatoms. The van der Waals surface area contributed by atoms with Gasteiger partial charge in [0.15, 0.2) is 0 Å². The van der Waals surface area contributed by atoms with Crippen LogP contribution in [0.2, 0.25) is 0 Å². The zero-order valence-electron chi connectivity index (χ0n) is 16.0. The molecule has 1 aliphatic rings. The van der Waals surface area contributed by atoms with Crippen LogP contribution in [-0.4, -0.2) is 16.5 Å². The molecule has 0 aliphatic carbocycles. The van der Waals surface area contributed by atoms with Crippen LogP contribution in [-0.2, 0) is 12.8 Å². The highest BCUT2D eigenvalue weighted by molar-refractivity contribution is 5.53. The van der Waals surface area contributed by atoms with Crippen LogP contribution in [0.4, 0.5) is 10.2 Å². The Bertz CT molecular complexity index is 966. The van der Waals surface area contributed by atoms with E-state index in [4.69, 9.17) is 4.98 Å². The van der Waals surface area contributed by atoms with Crippen molar-refractivity contribution in [3.63, 3.8) is 0 Å². The SMILES string of the molecule is Cc1nc(Cc2ccc(F)cc2)nc(N2CCc3ccccc3C2C)c1C. The fourth-order valence-electron chi connectivity index (χ4n) is 3.88. The van der Waals surface area contributed by atoms with Gasteiger partial charge in [0.2, 0.25) is 0 Å². The molecule has 0 spiro atoms. The summed E-state index contributed by atoms with van der Waals surface area (Å²) in [4.78, 5) is 12.0. The molecule has 1 aromatic heterocycles. The normalized spacial score (nSPS) is 16.3. The number of nitrogens with zero attached hydrogens (tertiary/aromatic N) is 3. The predicted molar refractivity (Wildman–Crippen MR) is 107 cm³/mol. The van der Waals surface area contributed by atoms with Gasteiger partial charge in [-0.25, -0.2) is 14.4 Å². The molecule has 27 heavy (non-hydrogen) atoms. The van der Waals surface area contributed by atoms with Crippen molar-refractivity contribution in [1.29, 1.82) is 0 Å². The maximum absolute atomic E-state index is 13.2. The molecule has 1 unspecified atom stereocenters. The first-order valence-corrected chi connectivity index (χ1v) is 9.46. The van der Waals surface area contributed by atoms with Crippen LogP contribution in [0.15, 0.2) is 48.5 Å². The molecule has 3 aromatic rings. The molecule has 1 aliphatic heterocycles. The number of rotatable bonds is 3. The number of hydrogen-bond donors (Lipinski definition) is 0. The Balaban J connectivity index is 1.68. The van der Waals surface area contributed by atoms with Crippen LogP contribution in [0.1, 0.15) is 46.7 Å². The van der Waals surface area contributed by atoms with E-state index in [0.717, 1.165) is 41.4 Å². The summed E-state index contributed by atoms with van der Waals surface area (Å²) in [5, 5.41) is 0. The van der Waals surface area contributed by atoms with E-state index in [-0.39, 0.29) is 11.9 Å². The Labute approximate surface area is 159 Å². The number of fused-ring (bicyclic) bond motifs is 1. The second-order valence-corrected chi connectivity index (χ2v) is 7.30. The summed E-state index contributed by atoms with van der Waals surface area (Å²) in [5.41, 5.74) is 5.95. The summed E-state index contributed by atoms with van der Waals surface area (Å²) in [6, 6.07) is 15.5. The summed E-state index contributed by atoms with van der Waals surface area (Å²) in [6.07, 6.45) is 1.63. The molecule has 4 rings (SSSR count). The van der Waals surface area contributed by atoms with Crippen molar-refractivity contribution in [2.24, 2.45) is 0 Å². The first kappa shape index (κ1) is 17.7. The first-order chi connectivity index (χ1) is 13.0. The van der Waals surface area contributed by atoms with E-state index in [0.29, 0.717) is 6.42 Å². The van der Waals surface area contributed by atoms with Gasteiger partial charge in [-0.2, -0.15) is 0 Å². The molecule has 138 valence electrons. The third-order valence-corrected chi connectivity index (χ3v) is 5.55. The van der Waals surface area contributed by atoms with Gasteiger partial charge in [-0.15, -0.1) is 0 Å². The third kappa shape index (κ3) is 3.44. The standard InChI is InChI=1S/C23H24FN3/c1-15-16(2)25-22(14-18-8-10-20(24)11-9-18)26-23(15)27-13-12-19-6-4-5-7-21(19)17(27)3/h4-11,17H,12-14H2,1-3H3. The Morgan fingerprint density at radius 3 is 2.56 bits per heavy atom. The lowest BCUT2D eigenvalue weighted by molar-refractivity contribution is 0.611. The van der Waals surface area contributed by atoms with Gasteiger partial charge in [0.1, 0.15) is 17.5 Å². The molecule has 0 radical (unpaired) electrons. The third-order valence-electron chi connectivity index (χ3n) is 5.55. The van der Waals surface area contributed by atoms with E-state index in [1.165, 1.54) is 23.3 Å². The average Bonchev–Trinajstić information content (AvgIpc) is 2.67. The van der Waals surface area contributed by atoms with Gasteiger partial charge in [-0.1, -0.05) is 36.4 Å². The van der Waals surface area contributed by atoms with Crippen LogP contribution in [0.25, 0.3) is 0 Å². The number of halogens is 1. The van der Waals surface area contributed by atoms with Crippen molar-refractivity contribution in [1.82, 2.24) is 9.97 Å². The van der Waals surface area contributed by atoms with E-state index >= 15 is 0 Å². The second kappa shape index (κ2) is 7.10. The summed E-state index contributed by atoms with van der Waals surface area (Å²) in [6.45, 7) is 7.33. The van der Waals surface area contributed by atoms with Crippen molar-refractivity contribution < 1.29 is 4.39 Å².